The lowest BCUT2D eigenvalue weighted by Crippen LogP contribution is -2.53. The highest BCUT2D eigenvalue weighted by Crippen LogP contribution is 2.17. The van der Waals surface area contributed by atoms with Gasteiger partial charge in [-0.15, -0.1) is 0 Å². The summed E-state index contributed by atoms with van der Waals surface area (Å²) in [5, 5.41) is 2.21. The van der Waals surface area contributed by atoms with E-state index in [0.29, 0.717) is 11.8 Å². The van der Waals surface area contributed by atoms with E-state index in [4.69, 9.17) is 0 Å². The Morgan fingerprint density at radius 2 is 1.96 bits per heavy atom. The average Bonchev–Trinajstić information content (AvgIpc) is 2.55. The Labute approximate surface area is 135 Å². The molecule has 1 unspecified atom stereocenters. The van der Waals surface area contributed by atoms with Gasteiger partial charge in [0.05, 0.1) is 5.56 Å². The van der Waals surface area contributed by atoms with E-state index in [1.807, 2.05) is 20.8 Å². The lowest BCUT2D eigenvalue weighted by Gasteiger charge is -2.30. The molecule has 3 amide bonds. The van der Waals surface area contributed by atoms with Gasteiger partial charge < -0.3 is 4.90 Å². The number of aryl methyl sites for hydroxylation is 1. The Kier molecular flexibility index (Phi) is 6.63. The van der Waals surface area contributed by atoms with E-state index in [1.54, 1.807) is 18.2 Å². The highest BCUT2D eigenvalue weighted by molar-refractivity contribution is 6.06. The normalized spacial score (nSPS) is 16.8. The predicted molar refractivity (Wildman–Crippen MR) is 86.2 cm³/mol. The van der Waals surface area contributed by atoms with Crippen LogP contribution in [0.4, 0.5) is 0 Å². The molecule has 1 heterocycles. The van der Waals surface area contributed by atoms with Crippen LogP contribution in [0.2, 0.25) is 0 Å². The predicted octanol–water partition coefficient (Wildman–Crippen LogP) is 1.71. The molecule has 0 saturated carbocycles. The molecule has 1 fully saturated rings. The molecular weight excluding hydrogens is 296 g/mol. The Morgan fingerprint density at radius 1 is 1.30 bits per heavy atom. The van der Waals surface area contributed by atoms with E-state index in [1.165, 1.54) is 11.9 Å². The van der Waals surface area contributed by atoms with Crippen LogP contribution in [0.5, 0.6) is 0 Å². The Balaban J connectivity index is 0.00000127. The van der Waals surface area contributed by atoms with E-state index in [0.717, 1.165) is 5.56 Å². The molecule has 6 nitrogen and oxygen atoms in total. The number of hydrogen-bond donors (Lipinski definition) is 1. The first kappa shape index (κ1) is 18.5. The van der Waals surface area contributed by atoms with Crippen molar-refractivity contribution in [1.82, 2.24) is 10.2 Å². The summed E-state index contributed by atoms with van der Waals surface area (Å²) >= 11 is 0. The first-order valence-electron chi connectivity index (χ1n) is 7.60. The molecule has 1 aromatic rings. The number of piperidine rings is 1. The van der Waals surface area contributed by atoms with Gasteiger partial charge in [0.25, 0.3) is 5.91 Å². The second-order valence-electron chi connectivity index (χ2n) is 5.09. The van der Waals surface area contributed by atoms with Crippen LogP contribution in [-0.4, -0.2) is 42.0 Å². The maximum absolute atomic E-state index is 12.5. The third-order valence-corrected chi connectivity index (χ3v) is 3.56. The number of aldehydes is 1. The zero-order valence-corrected chi connectivity index (χ0v) is 13.9. The maximum Gasteiger partial charge on any atom is 0.255 e. The fourth-order valence-electron chi connectivity index (χ4n) is 2.36. The molecule has 124 valence electrons. The quantitative estimate of drug-likeness (QED) is 0.679. The number of imide groups is 1. The van der Waals surface area contributed by atoms with E-state index >= 15 is 0 Å². The number of likely N-dealkylation sites (N-methyl/N-ethyl adjacent to an activating group) is 1. The summed E-state index contributed by atoms with van der Waals surface area (Å²) in [6.07, 6.45) is 1.11. The van der Waals surface area contributed by atoms with Crippen molar-refractivity contribution in [3.05, 3.63) is 34.9 Å². The number of nitrogens with one attached hydrogen (secondary N) is 1. The summed E-state index contributed by atoms with van der Waals surface area (Å²) in [6.45, 7) is 5.82. The van der Waals surface area contributed by atoms with Crippen molar-refractivity contribution in [3.8, 4) is 0 Å². The summed E-state index contributed by atoms with van der Waals surface area (Å²) < 4.78 is 0. The lowest BCUT2D eigenvalue weighted by atomic mass is 10.0. The molecule has 0 aromatic heterocycles. The van der Waals surface area contributed by atoms with E-state index in [9.17, 15) is 19.2 Å². The molecule has 23 heavy (non-hydrogen) atoms. The largest absolute Gasteiger partial charge is 0.330 e. The zero-order chi connectivity index (χ0) is 17.6. The summed E-state index contributed by atoms with van der Waals surface area (Å²) in [4.78, 5) is 47.8. The SMILES string of the molecule is CC.Cc1ccc(C(=O)N(C)C2CCC(=O)NC2=O)c(C=O)c1. The van der Waals surface area contributed by atoms with Crippen molar-refractivity contribution in [3.63, 3.8) is 0 Å². The third kappa shape index (κ3) is 4.25. The Bertz CT molecular complexity index is 625. The number of hydrogen-bond acceptors (Lipinski definition) is 4. The molecule has 2 rings (SSSR count). The fraction of sp³-hybridized carbons (Fsp3) is 0.412. The number of nitrogens with zero attached hydrogens (tertiary/aromatic N) is 1. The molecule has 0 aliphatic carbocycles. The maximum atomic E-state index is 12.5. The molecular formula is C17H22N2O4. The van der Waals surface area contributed by atoms with E-state index < -0.39 is 17.9 Å². The van der Waals surface area contributed by atoms with Crippen molar-refractivity contribution in [2.75, 3.05) is 7.05 Å². The van der Waals surface area contributed by atoms with Crippen molar-refractivity contribution in [2.45, 2.75) is 39.7 Å². The lowest BCUT2D eigenvalue weighted by molar-refractivity contribution is -0.136. The van der Waals surface area contributed by atoms with Crippen LogP contribution in [0.1, 0.15) is 53.0 Å². The molecule has 1 aliphatic rings. The molecule has 1 atom stereocenters. The smallest absolute Gasteiger partial charge is 0.255 e. The molecule has 0 spiro atoms. The molecule has 1 aromatic carbocycles. The van der Waals surface area contributed by atoms with Crippen molar-refractivity contribution < 1.29 is 19.2 Å². The van der Waals surface area contributed by atoms with Crippen LogP contribution in [0, 0.1) is 6.92 Å². The van der Waals surface area contributed by atoms with Crippen molar-refractivity contribution in [1.29, 1.82) is 0 Å². The highest BCUT2D eigenvalue weighted by Gasteiger charge is 2.33. The second-order valence-corrected chi connectivity index (χ2v) is 5.09. The van der Waals surface area contributed by atoms with Gasteiger partial charge in [-0.2, -0.15) is 0 Å². The summed E-state index contributed by atoms with van der Waals surface area (Å²) in [5.41, 5.74) is 1.42. The van der Waals surface area contributed by atoms with Gasteiger partial charge in [0.1, 0.15) is 6.04 Å². The van der Waals surface area contributed by atoms with E-state index in [2.05, 4.69) is 5.32 Å². The van der Waals surface area contributed by atoms with Gasteiger partial charge in [0.2, 0.25) is 11.8 Å². The first-order chi connectivity index (χ1) is 10.9. The fourth-order valence-corrected chi connectivity index (χ4v) is 2.36. The first-order valence-corrected chi connectivity index (χ1v) is 7.60. The number of rotatable bonds is 3. The highest BCUT2D eigenvalue weighted by atomic mass is 16.2. The second kappa shape index (κ2) is 8.22. The minimum absolute atomic E-state index is 0.197. The van der Waals surface area contributed by atoms with Gasteiger partial charge in [0, 0.05) is 19.0 Å². The van der Waals surface area contributed by atoms with Gasteiger partial charge >= 0.3 is 0 Å². The Hall–Kier alpha value is -2.50. The van der Waals surface area contributed by atoms with Crippen LogP contribution in [-0.2, 0) is 9.59 Å². The van der Waals surface area contributed by atoms with Crippen molar-refractivity contribution in [2.24, 2.45) is 0 Å². The third-order valence-electron chi connectivity index (χ3n) is 3.56. The monoisotopic (exact) mass is 318 g/mol. The zero-order valence-electron chi connectivity index (χ0n) is 13.9. The van der Waals surface area contributed by atoms with Crippen LogP contribution in [0.15, 0.2) is 18.2 Å². The van der Waals surface area contributed by atoms with Crippen molar-refractivity contribution >= 4 is 24.0 Å². The minimum Gasteiger partial charge on any atom is -0.330 e. The number of amides is 3. The molecule has 1 saturated heterocycles. The summed E-state index contributed by atoms with van der Waals surface area (Å²) in [6, 6.07) is 4.23. The number of benzene rings is 1. The number of carbonyl (C=O) groups is 4. The van der Waals surface area contributed by atoms with Crippen LogP contribution < -0.4 is 5.32 Å². The number of carbonyl (C=O) groups excluding carboxylic acids is 4. The van der Waals surface area contributed by atoms with Crippen LogP contribution >= 0.6 is 0 Å². The topological polar surface area (TPSA) is 83.6 Å². The molecule has 0 bridgehead atoms. The van der Waals surface area contributed by atoms with Gasteiger partial charge in [-0.25, -0.2) is 0 Å². The Morgan fingerprint density at radius 3 is 2.52 bits per heavy atom. The standard InChI is InChI=1S/C15H16N2O4.C2H6/c1-9-3-4-11(10(7-9)8-18)15(21)17(2)12-5-6-13(19)16-14(12)20;1-2/h3-4,7-8,12H,5-6H2,1-2H3,(H,16,19,20);1-2H3. The molecule has 1 N–H and O–H groups in total. The summed E-state index contributed by atoms with van der Waals surface area (Å²) in [5.74, 6) is -1.23. The van der Waals surface area contributed by atoms with Gasteiger partial charge in [-0.3, -0.25) is 24.5 Å². The molecule has 0 radical (unpaired) electrons. The van der Waals surface area contributed by atoms with Gasteiger partial charge in [-0.05, 0) is 25.5 Å². The average molecular weight is 318 g/mol. The minimum atomic E-state index is -0.698. The van der Waals surface area contributed by atoms with Crippen LogP contribution in [0.25, 0.3) is 0 Å². The molecule has 6 heteroatoms. The molecule has 1 aliphatic heterocycles. The summed E-state index contributed by atoms with van der Waals surface area (Å²) in [7, 11) is 1.50. The van der Waals surface area contributed by atoms with E-state index in [-0.39, 0.29) is 24.3 Å². The van der Waals surface area contributed by atoms with Crippen LogP contribution in [0.3, 0.4) is 0 Å². The van der Waals surface area contributed by atoms with Gasteiger partial charge in [-0.1, -0.05) is 25.5 Å². The van der Waals surface area contributed by atoms with Gasteiger partial charge in [0.15, 0.2) is 6.29 Å².